The van der Waals surface area contributed by atoms with E-state index in [9.17, 15) is 0 Å². The van der Waals surface area contributed by atoms with Crippen LogP contribution in [0.1, 0.15) is 22.5 Å². The van der Waals surface area contributed by atoms with Crippen LogP contribution in [0.15, 0.2) is 176 Å². The number of aromatic nitrogens is 5. The maximum atomic E-state index is 5.51. The molecule has 1 aliphatic carbocycles. The van der Waals surface area contributed by atoms with Gasteiger partial charge < -0.3 is 0 Å². The Morgan fingerprint density at radius 2 is 0.808 bits per heavy atom. The summed E-state index contributed by atoms with van der Waals surface area (Å²) in [6, 6.07) is 61.7. The highest BCUT2D eigenvalue weighted by atomic mass is 15.1. The van der Waals surface area contributed by atoms with Crippen molar-refractivity contribution in [1.29, 1.82) is 0 Å². The lowest BCUT2D eigenvalue weighted by molar-refractivity contribution is 0.738. The van der Waals surface area contributed by atoms with Crippen LogP contribution in [0, 0.1) is 0 Å². The molecule has 242 valence electrons. The van der Waals surface area contributed by atoms with Crippen molar-refractivity contribution in [2.75, 3.05) is 0 Å². The lowest BCUT2D eigenvalue weighted by atomic mass is 9.73. The molecule has 0 fully saturated rings. The molecule has 9 aromatic rings. The predicted molar refractivity (Wildman–Crippen MR) is 207 cm³/mol. The largest absolute Gasteiger partial charge is 0.294 e. The normalized spacial score (nSPS) is 13.2. The number of rotatable bonds is 4. The molecule has 2 aromatic heterocycles. The number of nitrogens with zero attached hydrogens (tertiary/aromatic N) is 5. The molecule has 7 aromatic carbocycles. The van der Waals surface area contributed by atoms with Crippen molar-refractivity contribution in [3.05, 3.63) is 198 Å². The third kappa shape index (κ3) is 3.99. The Bertz CT molecular complexity index is 2740. The van der Waals surface area contributed by atoms with Crippen LogP contribution in [0.25, 0.3) is 73.1 Å². The zero-order valence-corrected chi connectivity index (χ0v) is 28.0. The van der Waals surface area contributed by atoms with Gasteiger partial charge in [0.2, 0.25) is 0 Å². The lowest BCUT2D eigenvalue weighted by Crippen LogP contribution is -2.27. The first kappa shape index (κ1) is 28.8. The van der Waals surface area contributed by atoms with Crippen molar-refractivity contribution in [1.82, 2.24) is 24.5 Å². The quantitative estimate of drug-likeness (QED) is 0.188. The molecule has 0 amide bonds. The van der Waals surface area contributed by atoms with Gasteiger partial charge in [-0.15, -0.1) is 0 Å². The van der Waals surface area contributed by atoms with E-state index in [4.69, 9.17) is 19.9 Å². The van der Waals surface area contributed by atoms with Crippen molar-refractivity contribution in [3.63, 3.8) is 0 Å². The Morgan fingerprint density at radius 3 is 1.40 bits per heavy atom. The van der Waals surface area contributed by atoms with Crippen LogP contribution in [0.4, 0.5) is 0 Å². The van der Waals surface area contributed by atoms with Gasteiger partial charge in [-0.2, -0.15) is 0 Å². The molecule has 52 heavy (non-hydrogen) atoms. The first-order valence-electron chi connectivity index (χ1n) is 17.6. The highest BCUT2D eigenvalue weighted by Gasteiger charge is 2.54. The zero-order chi connectivity index (χ0) is 34.2. The minimum absolute atomic E-state index is 0.504. The molecule has 0 radical (unpaired) electrons. The highest BCUT2D eigenvalue weighted by Crippen LogP contribution is 2.60. The van der Waals surface area contributed by atoms with Crippen LogP contribution in [-0.4, -0.2) is 24.5 Å². The molecule has 0 saturated carbocycles. The summed E-state index contributed by atoms with van der Waals surface area (Å²) < 4.78 is 2.41. The molecular formula is C47H29N5. The van der Waals surface area contributed by atoms with E-state index in [0.717, 1.165) is 44.7 Å². The van der Waals surface area contributed by atoms with Crippen molar-refractivity contribution in [3.8, 4) is 62.1 Å². The van der Waals surface area contributed by atoms with Gasteiger partial charge in [0.05, 0.1) is 16.7 Å². The van der Waals surface area contributed by atoms with Gasteiger partial charge in [-0.1, -0.05) is 164 Å². The molecule has 2 aliphatic rings. The Kier molecular flexibility index (Phi) is 6.10. The number of benzene rings is 7. The van der Waals surface area contributed by atoms with Crippen molar-refractivity contribution < 1.29 is 0 Å². The fourth-order valence-corrected chi connectivity index (χ4v) is 8.45. The summed E-state index contributed by atoms with van der Waals surface area (Å²) in [6.45, 7) is 0. The summed E-state index contributed by atoms with van der Waals surface area (Å²) in [5.74, 6) is 2.97. The second-order valence-corrected chi connectivity index (χ2v) is 13.4. The summed E-state index contributed by atoms with van der Waals surface area (Å²) in [4.78, 5) is 20.3. The van der Waals surface area contributed by atoms with Crippen LogP contribution in [-0.2, 0) is 5.41 Å². The zero-order valence-electron chi connectivity index (χ0n) is 28.0. The average molecular weight is 664 g/mol. The molecule has 5 nitrogen and oxygen atoms in total. The van der Waals surface area contributed by atoms with Gasteiger partial charge in [0, 0.05) is 22.3 Å². The van der Waals surface area contributed by atoms with E-state index in [1.165, 1.54) is 33.5 Å². The molecule has 0 bridgehead atoms. The molecule has 1 aliphatic heterocycles. The van der Waals surface area contributed by atoms with E-state index in [1.807, 2.05) is 60.7 Å². The molecule has 0 atom stereocenters. The van der Waals surface area contributed by atoms with Gasteiger partial charge in [0.1, 0.15) is 11.2 Å². The second kappa shape index (κ2) is 11.0. The van der Waals surface area contributed by atoms with Crippen LogP contribution in [0.3, 0.4) is 0 Å². The number of hydrogen-bond donors (Lipinski definition) is 0. The van der Waals surface area contributed by atoms with E-state index < -0.39 is 5.41 Å². The third-order valence-electron chi connectivity index (χ3n) is 10.7. The fourth-order valence-electron chi connectivity index (χ4n) is 8.45. The first-order valence-corrected chi connectivity index (χ1v) is 17.6. The molecule has 0 saturated heterocycles. The van der Waals surface area contributed by atoms with Gasteiger partial charge in [-0.25, -0.2) is 19.9 Å². The highest BCUT2D eigenvalue weighted by molar-refractivity contribution is 5.98. The van der Waals surface area contributed by atoms with Crippen molar-refractivity contribution >= 4 is 11.0 Å². The van der Waals surface area contributed by atoms with Gasteiger partial charge in [-0.3, -0.25) is 4.57 Å². The summed E-state index contributed by atoms with van der Waals surface area (Å²) in [5.41, 5.74) is 14.2. The van der Waals surface area contributed by atoms with Gasteiger partial charge >= 0.3 is 0 Å². The maximum absolute atomic E-state index is 5.51. The van der Waals surface area contributed by atoms with E-state index in [2.05, 4.69) is 120 Å². The first-order chi connectivity index (χ1) is 25.8. The molecule has 1 spiro atoms. The van der Waals surface area contributed by atoms with E-state index in [0.29, 0.717) is 17.5 Å². The van der Waals surface area contributed by atoms with E-state index in [1.54, 1.807) is 0 Å². The Labute approximate surface area is 300 Å². The lowest BCUT2D eigenvalue weighted by Gasteiger charge is -2.27. The number of para-hydroxylation sites is 2. The van der Waals surface area contributed by atoms with Crippen LogP contribution in [0.5, 0.6) is 0 Å². The molecule has 11 rings (SSSR count). The number of imidazole rings is 1. The summed E-state index contributed by atoms with van der Waals surface area (Å²) >= 11 is 0. The standard InChI is InChI=1S/C47H29N5/c1-3-14-31(15-4-1)43-49-44(32-16-5-2-6-17-32)51-45(50-43)33-28-26-30(27-29-33)34-20-13-24-40-42(34)52-41-25-12-11-23-39(41)47(46(52)48-40)37-21-9-7-18-35(37)36-19-8-10-22-38(36)47/h1-29H. The topological polar surface area (TPSA) is 56.5 Å². The predicted octanol–water partition coefficient (Wildman–Crippen LogP) is 10.6. The molecule has 5 heteroatoms. The fraction of sp³-hybridized carbons (Fsp3) is 0.0213. The Morgan fingerprint density at radius 1 is 0.346 bits per heavy atom. The summed E-state index contributed by atoms with van der Waals surface area (Å²) in [6.07, 6.45) is 0. The van der Waals surface area contributed by atoms with E-state index >= 15 is 0 Å². The van der Waals surface area contributed by atoms with Crippen LogP contribution < -0.4 is 0 Å². The van der Waals surface area contributed by atoms with Crippen molar-refractivity contribution in [2.24, 2.45) is 0 Å². The second-order valence-electron chi connectivity index (χ2n) is 13.4. The monoisotopic (exact) mass is 663 g/mol. The van der Waals surface area contributed by atoms with Crippen LogP contribution >= 0.6 is 0 Å². The Hall–Kier alpha value is -6.98. The summed E-state index contributed by atoms with van der Waals surface area (Å²) in [7, 11) is 0. The average Bonchev–Trinajstić information content (AvgIpc) is 3.85. The Balaban J connectivity index is 1.09. The smallest absolute Gasteiger partial charge is 0.164 e. The molecule has 0 N–H and O–H groups in total. The van der Waals surface area contributed by atoms with Crippen LogP contribution in [0.2, 0.25) is 0 Å². The van der Waals surface area contributed by atoms with Gasteiger partial charge in [0.25, 0.3) is 0 Å². The molecule has 3 heterocycles. The SMILES string of the molecule is c1ccc(-c2nc(-c3ccccc3)nc(-c3ccc(-c4cccc5nc6n(c45)-c4ccccc4C64c5ccccc5-c5ccccc54)cc3)n2)cc1. The molecular weight excluding hydrogens is 635 g/mol. The minimum atomic E-state index is -0.504. The van der Waals surface area contributed by atoms with E-state index in [-0.39, 0.29) is 0 Å². The van der Waals surface area contributed by atoms with Gasteiger partial charge in [0.15, 0.2) is 17.5 Å². The maximum Gasteiger partial charge on any atom is 0.164 e. The third-order valence-corrected chi connectivity index (χ3v) is 10.7. The van der Waals surface area contributed by atoms with Crippen molar-refractivity contribution in [2.45, 2.75) is 5.41 Å². The number of fused-ring (bicyclic) bond motifs is 12. The van der Waals surface area contributed by atoms with Gasteiger partial charge in [-0.05, 0) is 45.5 Å². The summed E-state index contributed by atoms with van der Waals surface area (Å²) in [5, 5.41) is 0. The minimum Gasteiger partial charge on any atom is -0.294 e. The molecule has 0 unspecified atom stereocenters. The number of hydrogen-bond acceptors (Lipinski definition) is 4.